The summed E-state index contributed by atoms with van der Waals surface area (Å²) < 4.78 is 1.53. The van der Waals surface area contributed by atoms with Crippen molar-refractivity contribution >= 4 is 24.0 Å². The van der Waals surface area contributed by atoms with E-state index in [1.807, 2.05) is 0 Å². The average Bonchev–Trinajstić information content (AvgIpc) is 3.04. The van der Waals surface area contributed by atoms with Gasteiger partial charge in [-0.25, -0.2) is 4.68 Å². The van der Waals surface area contributed by atoms with Crippen LogP contribution < -0.4 is 5.73 Å². The number of piperidine rings is 1. The van der Waals surface area contributed by atoms with Crippen molar-refractivity contribution in [2.75, 3.05) is 13.1 Å². The molecule has 9 heteroatoms. The highest BCUT2D eigenvalue weighted by Gasteiger charge is 2.23. The predicted molar refractivity (Wildman–Crippen MR) is 90.6 cm³/mol. The highest BCUT2D eigenvalue weighted by atomic mass is 35.5. The van der Waals surface area contributed by atoms with Crippen LogP contribution in [0.1, 0.15) is 23.2 Å². The Labute approximate surface area is 144 Å². The van der Waals surface area contributed by atoms with Crippen molar-refractivity contribution < 1.29 is 9.72 Å². The zero-order chi connectivity index (χ0) is 16.4. The number of benzene rings is 1. The number of halogens is 1. The summed E-state index contributed by atoms with van der Waals surface area (Å²) in [4.78, 5) is 24.4. The Morgan fingerprint density at radius 3 is 2.67 bits per heavy atom. The van der Waals surface area contributed by atoms with E-state index >= 15 is 0 Å². The molecule has 1 amide bonds. The van der Waals surface area contributed by atoms with Gasteiger partial charge in [-0.05, 0) is 25.0 Å². The van der Waals surface area contributed by atoms with Crippen LogP contribution in [-0.2, 0) is 0 Å². The van der Waals surface area contributed by atoms with E-state index in [9.17, 15) is 14.9 Å². The van der Waals surface area contributed by atoms with Crippen molar-refractivity contribution in [3.63, 3.8) is 0 Å². The molecule has 1 aromatic heterocycles. The number of nitro groups is 1. The lowest BCUT2D eigenvalue weighted by molar-refractivity contribution is -0.384. The van der Waals surface area contributed by atoms with Crippen LogP contribution in [0.15, 0.2) is 36.7 Å². The molecule has 1 aliphatic rings. The van der Waals surface area contributed by atoms with Crippen LogP contribution in [0.25, 0.3) is 5.69 Å². The predicted octanol–water partition coefficient (Wildman–Crippen LogP) is 1.77. The molecule has 1 aromatic carbocycles. The van der Waals surface area contributed by atoms with Gasteiger partial charge >= 0.3 is 0 Å². The molecule has 0 aliphatic carbocycles. The third-order valence-electron chi connectivity index (χ3n) is 3.90. The van der Waals surface area contributed by atoms with E-state index < -0.39 is 4.92 Å². The molecule has 1 fully saturated rings. The summed E-state index contributed by atoms with van der Waals surface area (Å²) in [5, 5.41) is 14.8. The number of amides is 1. The minimum atomic E-state index is -0.457. The minimum absolute atomic E-state index is 0. The van der Waals surface area contributed by atoms with E-state index in [-0.39, 0.29) is 30.0 Å². The molecule has 1 aliphatic heterocycles. The maximum Gasteiger partial charge on any atom is 0.269 e. The molecule has 0 radical (unpaired) electrons. The highest BCUT2D eigenvalue weighted by molar-refractivity contribution is 5.94. The lowest BCUT2D eigenvalue weighted by atomic mass is 10.1. The van der Waals surface area contributed by atoms with Crippen molar-refractivity contribution in [1.82, 2.24) is 14.7 Å². The molecule has 24 heavy (non-hydrogen) atoms. The van der Waals surface area contributed by atoms with E-state index in [1.54, 1.807) is 23.2 Å². The molecular formula is C15H18ClN5O3. The Kier molecular flexibility index (Phi) is 5.53. The van der Waals surface area contributed by atoms with Crippen molar-refractivity contribution in [1.29, 1.82) is 0 Å². The Hall–Kier alpha value is -2.45. The molecule has 128 valence electrons. The smallest absolute Gasteiger partial charge is 0.269 e. The fourth-order valence-electron chi connectivity index (χ4n) is 2.68. The second kappa shape index (κ2) is 7.41. The van der Waals surface area contributed by atoms with Gasteiger partial charge in [0.2, 0.25) is 0 Å². The van der Waals surface area contributed by atoms with Crippen molar-refractivity contribution in [3.05, 3.63) is 52.3 Å². The van der Waals surface area contributed by atoms with E-state index in [1.165, 1.54) is 23.0 Å². The van der Waals surface area contributed by atoms with Crippen LogP contribution in [0.2, 0.25) is 0 Å². The first-order chi connectivity index (χ1) is 11.0. The third-order valence-corrected chi connectivity index (χ3v) is 3.90. The summed E-state index contributed by atoms with van der Waals surface area (Å²) in [5.74, 6) is -0.0895. The fourth-order valence-corrected chi connectivity index (χ4v) is 2.68. The second-order valence-corrected chi connectivity index (χ2v) is 5.60. The number of nitrogens with zero attached hydrogens (tertiary/aromatic N) is 4. The average molecular weight is 352 g/mol. The number of hydrogen-bond acceptors (Lipinski definition) is 5. The lowest BCUT2D eigenvalue weighted by Gasteiger charge is -2.30. The zero-order valence-corrected chi connectivity index (χ0v) is 13.7. The number of aromatic nitrogens is 2. The molecule has 1 atom stereocenters. The molecule has 1 unspecified atom stereocenters. The Bertz CT molecular complexity index is 731. The summed E-state index contributed by atoms with van der Waals surface area (Å²) in [6.07, 6.45) is 4.97. The van der Waals surface area contributed by atoms with E-state index in [2.05, 4.69) is 5.10 Å². The van der Waals surface area contributed by atoms with Crippen LogP contribution in [0.5, 0.6) is 0 Å². The fraction of sp³-hybridized carbons (Fsp3) is 0.333. The maximum atomic E-state index is 12.5. The molecule has 8 nitrogen and oxygen atoms in total. The maximum absolute atomic E-state index is 12.5. The van der Waals surface area contributed by atoms with Gasteiger partial charge in [0.15, 0.2) is 0 Å². The molecule has 2 aromatic rings. The SMILES string of the molecule is Cl.NC1CCCN(C(=O)c2cnn(-c3ccc([N+](=O)[O-])cc3)c2)C1. The van der Waals surface area contributed by atoms with E-state index in [0.29, 0.717) is 24.3 Å². The quantitative estimate of drug-likeness (QED) is 0.669. The van der Waals surface area contributed by atoms with Gasteiger partial charge in [0.1, 0.15) is 0 Å². The van der Waals surface area contributed by atoms with Gasteiger partial charge in [-0.1, -0.05) is 0 Å². The third kappa shape index (κ3) is 3.72. The number of nitrogens with two attached hydrogens (primary N) is 1. The Morgan fingerprint density at radius 2 is 2.04 bits per heavy atom. The molecule has 0 bridgehead atoms. The van der Waals surface area contributed by atoms with Crippen molar-refractivity contribution in [2.24, 2.45) is 5.73 Å². The van der Waals surface area contributed by atoms with Crippen LogP contribution in [-0.4, -0.2) is 44.6 Å². The highest BCUT2D eigenvalue weighted by Crippen LogP contribution is 2.17. The zero-order valence-electron chi connectivity index (χ0n) is 12.9. The number of non-ortho nitro benzene ring substituents is 1. The van der Waals surface area contributed by atoms with Gasteiger partial charge in [-0.2, -0.15) is 5.10 Å². The van der Waals surface area contributed by atoms with Gasteiger partial charge in [-0.3, -0.25) is 14.9 Å². The van der Waals surface area contributed by atoms with E-state index in [0.717, 1.165) is 12.8 Å². The molecule has 3 rings (SSSR count). The second-order valence-electron chi connectivity index (χ2n) is 5.60. The monoisotopic (exact) mass is 351 g/mol. The lowest BCUT2D eigenvalue weighted by Crippen LogP contribution is -2.45. The standard InChI is InChI=1S/C15H17N5O3.ClH/c16-12-2-1-7-18(10-12)15(21)11-8-17-19(9-11)13-3-5-14(6-4-13)20(22)23;/h3-6,8-9,12H,1-2,7,10,16H2;1H. The van der Waals surface area contributed by atoms with Crippen molar-refractivity contribution in [3.8, 4) is 5.69 Å². The number of likely N-dealkylation sites (tertiary alicyclic amines) is 1. The molecule has 2 N–H and O–H groups in total. The first kappa shape index (κ1) is 17.9. The van der Waals surface area contributed by atoms with Crippen LogP contribution in [0.3, 0.4) is 0 Å². The molecule has 2 heterocycles. The van der Waals surface area contributed by atoms with Gasteiger partial charge in [0, 0.05) is 37.5 Å². The number of hydrogen-bond donors (Lipinski definition) is 1. The Balaban J connectivity index is 0.00000208. The normalized spacial score (nSPS) is 17.2. The van der Waals surface area contributed by atoms with Crippen molar-refractivity contribution in [2.45, 2.75) is 18.9 Å². The number of carbonyl (C=O) groups excluding carboxylic acids is 1. The number of nitro benzene ring substituents is 1. The summed E-state index contributed by atoms with van der Waals surface area (Å²) in [7, 11) is 0. The van der Waals surface area contributed by atoms with Gasteiger partial charge < -0.3 is 10.6 Å². The number of rotatable bonds is 3. The molecule has 0 spiro atoms. The van der Waals surface area contributed by atoms with Gasteiger partial charge in [-0.15, -0.1) is 12.4 Å². The summed E-state index contributed by atoms with van der Waals surface area (Å²) in [5.41, 5.74) is 7.06. The first-order valence-electron chi connectivity index (χ1n) is 7.39. The molecular weight excluding hydrogens is 334 g/mol. The summed E-state index contributed by atoms with van der Waals surface area (Å²) in [6, 6.07) is 6.02. The first-order valence-corrected chi connectivity index (χ1v) is 7.39. The minimum Gasteiger partial charge on any atom is -0.337 e. The van der Waals surface area contributed by atoms with Gasteiger partial charge in [0.05, 0.1) is 22.4 Å². The largest absolute Gasteiger partial charge is 0.337 e. The Morgan fingerprint density at radius 1 is 1.33 bits per heavy atom. The summed E-state index contributed by atoms with van der Waals surface area (Å²) in [6.45, 7) is 1.26. The van der Waals surface area contributed by atoms with Crippen LogP contribution in [0, 0.1) is 10.1 Å². The van der Waals surface area contributed by atoms with Gasteiger partial charge in [0.25, 0.3) is 11.6 Å². The summed E-state index contributed by atoms with van der Waals surface area (Å²) >= 11 is 0. The number of carbonyl (C=O) groups is 1. The van der Waals surface area contributed by atoms with Crippen LogP contribution in [0.4, 0.5) is 5.69 Å². The molecule has 1 saturated heterocycles. The van der Waals surface area contributed by atoms with Crippen LogP contribution >= 0.6 is 12.4 Å². The topological polar surface area (TPSA) is 107 Å². The molecule has 0 saturated carbocycles. The van der Waals surface area contributed by atoms with E-state index in [4.69, 9.17) is 5.73 Å².